The number of amides is 1. The molecule has 0 aliphatic carbocycles. The van der Waals surface area contributed by atoms with Gasteiger partial charge in [0.05, 0.1) is 27.2 Å². The second-order valence-corrected chi connectivity index (χ2v) is 8.04. The molecule has 9 heteroatoms. The number of ketones is 1. The Labute approximate surface area is 203 Å². The van der Waals surface area contributed by atoms with Gasteiger partial charge in [-0.15, -0.1) is 0 Å². The Morgan fingerprint density at radius 3 is 2.37 bits per heavy atom. The molecule has 0 saturated carbocycles. The smallest absolute Gasteiger partial charge is 0.410 e. The summed E-state index contributed by atoms with van der Waals surface area (Å²) in [5.74, 6) is -2.87. The van der Waals surface area contributed by atoms with Crippen LogP contribution in [0.1, 0.15) is 29.3 Å². The number of esters is 2. The number of nitrogens with zero attached hydrogens (tertiary/aromatic N) is 1. The highest BCUT2D eigenvalue weighted by molar-refractivity contribution is 6.00. The van der Waals surface area contributed by atoms with E-state index in [1.807, 2.05) is 18.2 Å². The molecular formula is C26H29NO8. The molecule has 1 fully saturated rings. The zero-order valence-electron chi connectivity index (χ0n) is 20.0. The Balaban J connectivity index is 1.93. The molecule has 0 spiro atoms. The van der Waals surface area contributed by atoms with Crippen molar-refractivity contribution in [2.75, 3.05) is 27.4 Å². The SMILES string of the molecule is CCOC(=O)[C@@H]1[C@@H](CC(=O)OC)[C@@H](C(=O)c2cccc(OC)c2)CN1C(=O)OCc1ccccc1. The highest BCUT2D eigenvalue weighted by Gasteiger charge is 2.52. The van der Waals surface area contributed by atoms with Crippen LogP contribution >= 0.6 is 0 Å². The standard InChI is InChI=1S/C26H29NO8/c1-4-34-25(30)23-20(14-22(28)33-3)21(24(29)18-11-8-12-19(13-18)32-2)15-27(23)26(31)35-16-17-9-6-5-7-10-17/h5-13,20-21,23H,4,14-16H2,1-3H3/t20-,21-,23-/m0/s1. The van der Waals surface area contributed by atoms with Crippen molar-refractivity contribution in [1.82, 2.24) is 4.90 Å². The van der Waals surface area contributed by atoms with E-state index in [2.05, 4.69) is 0 Å². The van der Waals surface area contributed by atoms with Crippen molar-refractivity contribution in [2.24, 2.45) is 11.8 Å². The molecule has 3 rings (SSSR count). The van der Waals surface area contributed by atoms with Crippen molar-refractivity contribution < 1.29 is 38.1 Å². The van der Waals surface area contributed by atoms with Gasteiger partial charge in [-0.25, -0.2) is 9.59 Å². The molecule has 1 heterocycles. The van der Waals surface area contributed by atoms with E-state index in [0.29, 0.717) is 11.3 Å². The molecule has 3 atom stereocenters. The van der Waals surface area contributed by atoms with Gasteiger partial charge < -0.3 is 18.9 Å². The average molecular weight is 484 g/mol. The maximum absolute atomic E-state index is 13.5. The van der Waals surface area contributed by atoms with E-state index in [1.54, 1.807) is 43.3 Å². The van der Waals surface area contributed by atoms with Crippen LogP contribution in [0.15, 0.2) is 54.6 Å². The molecule has 1 aliphatic rings. The summed E-state index contributed by atoms with van der Waals surface area (Å²) in [6.07, 6.45) is -1.02. The largest absolute Gasteiger partial charge is 0.497 e. The van der Waals surface area contributed by atoms with Crippen molar-refractivity contribution in [2.45, 2.75) is 26.0 Å². The molecule has 0 N–H and O–H groups in total. The Kier molecular flexibility index (Phi) is 8.83. The minimum absolute atomic E-state index is 0.0120. The number of carbonyl (C=O) groups is 4. The summed E-state index contributed by atoms with van der Waals surface area (Å²) in [6, 6.07) is 14.5. The number of likely N-dealkylation sites (tertiary alicyclic amines) is 1. The van der Waals surface area contributed by atoms with Crippen molar-refractivity contribution in [1.29, 1.82) is 0 Å². The van der Waals surface area contributed by atoms with Crippen LogP contribution in [0.3, 0.4) is 0 Å². The molecule has 9 nitrogen and oxygen atoms in total. The molecule has 0 aromatic heterocycles. The topological polar surface area (TPSA) is 108 Å². The minimum atomic E-state index is -1.18. The fraction of sp³-hybridized carbons (Fsp3) is 0.385. The lowest BCUT2D eigenvalue weighted by Gasteiger charge is -2.25. The first-order valence-electron chi connectivity index (χ1n) is 11.3. The van der Waals surface area contributed by atoms with E-state index in [4.69, 9.17) is 18.9 Å². The van der Waals surface area contributed by atoms with E-state index in [1.165, 1.54) is 19.1 Å². The Bertz CT molecular complexity index is 1050. The first-order chi connectivity index (χ1) is 16.9. The van der Waals surface area contributed by atoms with Crippen LogP contribution in [0.25, 0.3) is 0 Å². The molecular weight excluding hydrogens is 454 g/mol. The molecule has 35 heavy (non-hydrogen) atoms. The van der Waals surface area contributed by atoms with E-state index in [-0.39, 0.29) is 32.0 Å². The summed E-state index contributed by atoms with van der Waals surface area (Å²) in [5.41, 5.74) is 1.11. The Morgan fingerprint density at radius 1 is 0.971 bits per heavy atom. The second-order valence-electron chi connectivity index (χ2n) is 8.04. The number of Topliss-reactive ketones (excluding diaryl/α,β-unsaturated/α-hetero) is 1. The summed E-state index contributed by atoms with van der Waals surface area (Å²) in [5, 5.41) is 0. The van der Waals surface area contributed by atoms with Gasteiger partial charge in [0.1, 0.15) is 18.4 Å². The van der Waals surface area contributed by atoms with Gasteiger partial charge in [0.2, 0.25) is 0 Å². The number of ether oxygens (including phenoxy) is 4. The van der Waals surface area contributed by atoms with E-state index in [9.17, 15) is 19.2 Å². The highest BCUT2D eigenvalue weighted by Crippen LogP contribution is 2.37. The van der Waals surface area contributed by atoms with Gasteiger partial charge in [-0.1, -0.05) is 42.5 Å². The number of rotatable bonds is 9. The molecule has 0 bridgehead atoms. The Morgan fingerprint density at radius 2 is 1.71 bits per heavy atom. The van der Waals surface area contributed by atoms with E-state index in [0.717, 1.165) is 5.56 Å². The zero-order valence-corrected chi connectivity index (χ0v) is 20.0. The third-order valence-electron chi connectivity index (χ3n) is 5.94. The van der Waals surface area contributed by atoms with Gasteiger partial charge in [-0.2, -0.15) is 0 Å². The average Bonchev–Trinajstić information content (AvgIpc) is 3.26. The van der Waals surface area contributed by atoms with Crippen molar-refractivity contribution in [3.63, 3.8) is 0 Å². The van der Waals surface area contributed by atoms with Gasteiger partial charge in [0.25, 0.3) is 0 Å². The van der Waals surface area contributed by atoms with Gasteiger partial charge in [-0.05, 0) is 24.6 Å². The summed E-state index contributed by atoms with van der Waals surface area (Å²) in [6.45, 7) is 1.58. The van der Waals surface area contributed by atoms with Crippen LogP contribution in [-0.4, -0.2) is 62.1 Å². The highest BCUT2D eigenvalue weighted by atomic mass is 16.6. The van der Waals surface area contributed by atoms with Gasteiger partial charge >= 0.3 is 18.0 Å². The lowest BCUT2D eigenvalue weighted by atomic mass is 9.82. The van der Waals surface area contributed by atoms with Gasteiger partial charge in [-0.3, -0.25) is 14.5 Å². The lowest BCUT2D eigenvalue weighted by molar-refractivity contribution is -0.150. The molecule has 0 radical (unpaired) electrons. The maximum atomic E-state index is 13.5. The van der Waals surface area contributed by atoms with Crippen LogP contribution in [-0.2, 0) is 30.4 Å². The number of hydrogen-bond acceptors (Lipinski definition) is 8. The summed E-state index contributed by atoms with van der Waals surface area (Å²) in [7, 11) is 2.71. The number of methoxy groups -OCH3 is 2. The van der Waals surface area contributed by atoms with Crippen molar-refractivity contribution in [3.8, 4) is 5.75 Å². The molecule has 1 amide bonds. The normalized spacial score (nSPS) is 19.1. The van der Waals surface area contributed by atoms with Crippen molar-refractivity contribution >= 4 is 23.8 Å². The number of benzene rings is 2. The van der Waals surface area contributed by atoms with Crippen molar-refractivity contribution in [3.05, 3.63) is 65.7 Å². The molecule has 2 aromatic rings. The lowest BCUT2D eigenvalue weighted by Crippen LogP contribution is -2.45. The van der Waals surface area contributed by atoms with Crippen LogP contribution in [0, 0.1) is 11.8 Å². The van der Waals surface area contributed by atoms with Gasteiger partial charge in [0, 0.05) is 23.9 Å². The van der Waals surface area contributed by atoms with Gasteiger partial charge in [0.15, 0.2) is 5.78 Å². The quantitative estimate of drug-likeness (QED) is 0.304. The molecule has 1 aliphatic heterocycles. The predicted molar refractivity (Wildman–Crippen MR) is 125 cm³/mol. The van der Waals surface area contributed by atoms with E-state index >= 15 is 0 Å². The van der Waals surface area contributed by atoms with Crippen LogP contribution in [0.4, 0.5) is 4.79 Å². The molecule has 186 valence electrons. The van der Waals surface area contributed by atoms with Crippen LogP contribution in [0.5, 0.6) is 5.75 Å². The first kappa shape index (κ1) is 25.7. The summed E-state index contributed by atoms with van der Waals surface area (Å²) >= 11 is 0. The maximum Gasteiger partial charge on any atom is 0.410 e. The predicted octanol–water partition coefficient (Wildman–Crippen LogP) is 3.26. The Hall–Kier alpha value is -3.88. The second kappa shape index (κ2) is 12.0. The molecule has 1 saturated heterocycles. The first-order valence-corrected chi connectivity index (χ1v) is 11.3. The summed E-state index contributed by atoms with van der Waals surface area (Å²) < 4.78 is 20.7. The summed E-state index contributed by atoms with van der Waals surface area (Å²) in [4.78, 5) is 53.0. The fourth-order valence-corrected chi connectivity index (χ4v) is 4.23. The van der Waals surface area contributed by atoms with Crippen LogP contribution in [0.2, 0.25) is 0 Å². The molecule has 0 unspecified atom stereocenters. The monoisotopic (exact) mass is 483 g/mol. The number of hydrogen-bond donors (Lipinski definition) is 0. The minimum Gasteiger partial charge on any atom is -0.497 e. The fourth-order valence-electron chi connectivity index (χ4n) is 4.23. The third kappa shape index (κ3) is 6.17. The third-order valence-corrected chi connectivity index (χ3v) is 5.94. The zero-order chi connectivity index (χ0) is 25.4. The number of carbonyl (C=O) groups excluding carboxylic acids is 4. The molecule has 2 aromatic carbocycles. The van der Waals surface area contributed by atoms with E-state index < -0.39 is 35.9 Å². The van der Waals surface area contributed by atoms with Crippen LogP contribution < -0.4 is 4.74 Å².